The number of halogens is 3. The van der Waals surface area contributed by atoms with Crippen LogP contribution in [0.25, 0.3) is 0 Å². The quantitative estimate of drug-likeness (QED) is 0.859. The van der Waals surface area contributed by atoms with Crippen molar-refractivity contribution in [2.45, 2.75) is 32.4 Å². The van der Waals surface area contributed by atoms with Crippen molar-refractivity contribution in [3.8, 4) is 0 Å². The topological polar surface area (TPSA) is 49.4 Å². The van der Waals surface area contributed by atoms with Gasteiger partial charge in [0.2, 0.25) is 5.91 Å². The Bertz CT molecular complexity index is 876. The number of carbonyl (C=O) groups excluding carboxylic acids is 2. The molecule has 0 unspecified atom stereocenters. The zero-order valence-electron chi connectivity index (χ0n) is 15.5. The molecule has 4 nitrogen and oxygen atoms in total. The molecule has 2 aromatic carbocycles. The average molecular weight is 390 g/mol. The van der Waals surface area contributed by atoms with E-state index in [0.717, 1.165) is 17.7 Å². The molecule has 0 bridgehead atoms. The summed E-state index contributed by atoms with van der Waals surface area (Å²) in [5.74, 6) is -0.321. The third-order valence-corrected chi connectivity index (χ3v) is 4.76. The minimum atomic E-state index is -4.39. The van der Waals surface area contributed by atoms with Gasteiger partial charge in [-0.2, -0.15) is 13.2 Å². The molecule has 3 rings (SSSR count). The maximum absolute atomic E-state index is 12.9. The fourth-order valence-electron chi connectivity index (χ4n) is 3.34. The van der Waals surface area contributed by atoms with Gasteiger partial charge in [0.05, 0.1) is 5.56 Å². The van der Waals surface area contributed by atoms with E-state index in [1.165, 1.54) is 13.0 Å². The second-order valence-corrected chi connectivity index (χ2v) is 6.83. The van der Waals surface area contributed by atoms with E-state index in [-0.39, 0.29) is 11.8 Å². The molecular weight excluding hydrogens is 369 g/mol. The van der Waals surface area contributed by atoms with Gasteiger partial charge in [0.1, 0.15) is 0 Å². The van der Waals surface area contributed by atoms with E-state index >= 15 is 0 Å². The number of nitrogens with zero attached hydrogens (tertiary/aromatic N) is 1. The van der Waals surface area contributed by atoms with E-state index in [1.54, 1.807) is 17.0 Å². The first-order valence-corrected chi connectivity index (χ1v) is 9.11. The summed E-state index contributed by atoms with van der Waals surface area (Å²) in [7, 11) is 0. The molecule has 0 saturated carbocycles. The van der Waals surface area contributed by atoms with E-state index in [2.05, 4.69) is 5.32 Å². The molecule has 0 fully saturated rings. The molecule has 2 aromatic rings. The van der Waals surface area contributed by atoms with Crippen LogP contribution in [0.2, 0.25) is 0 Å². The minimum absolute atomic E-state index is 0.0933. The van der Waals surface area contributed by atoms with Crippen LogP contribution in [0.3, 0.4) is 0 Å². The van der Waals surface area contributed by atoms with Crippen LogP contribution in [0.1, 0.15) is 40.4 Å². The molecule has 1 aliphatic heterocycles. The molecule has 0 spiro atoms. The second kappa shape index (κ2) is 8.04. The zero-order chi connectivity index (χ0) is 20.3. The Kier molecular flexibility index (Phi) is 5.72. The monoisotopic (exact) mass is 390 g/mol. The van der Waals surface area contributed by atoms with Crippen molar-refractivity contribution < 1.29 is 22.8 Å². The summed E-state index contributed by atoms with van der Waals surface area (Å²) in [6, 6.07) is 10.6. The van der Waals surface area contributed by atoms with Crippen LogP contribution in [-0.4, -0.2) is 24.9 Å². The molecule has 1 aliphatic rings. The standard InChI is InChI=1S/C21H21F3N2O2/c1-14(27)25-11-10-15-4-6-16(7-5-15)20(28)26-12-2-3-17-13-18(21(22,23)24)8-9-19(17)26/h4-9,13H,2-3,10-12H2,1H3,(H,25,27). The maximum atomic E-state index is 12.9. The number of anilines is 1. The number of carbonyl (C=O) groups is 2. The Morgan fingerprint density at radius 2 is 1.82 bits per heavy atom. The first-order chi connectivity index (χ1) is 13.3. The lowest BCUT2D eigenvalue weighted by molar-refractivity contribution is -0.137. The third-order valence-electron chi connectivity index (χ3n) is 4.76. The molecule has 148 valence electrons. The summed E-state index contributed by atoms with van der Waals surface area (Å²) in [6.07, 6.45) is -2.60. The highest BCUT2D eigenvalue weighted by Gasteiger charge is 2.32. The fraction of sp³-hybridized carbons (Fsp3) is 0.333. The largest absolute Gasteiger partial charge is 0.416 e. The van der Waals surface area contributed by atoms with Crippen LogP contribution in [0.5, 0.6) is 0 Å². The second-order valence-electron chi connectivity index (χ2n) is 6.83. The number of aryl methyl sites for hydroxylation is 1. The van der Waals surface area contributed by atoms with Crippen molar-refractivity contribution in [1.29, 1.82) is 0 Å². The van der Waals surface area contributed by atoms with Crippen molar-refractivity contribution in [3.63, 3.8) is 0 Å². The van der Waals surface area contributed by atoms with Gasteiger partial charge in [0.15, 0.2) is 0 Å². The number of hydrogen-bond acceptors (Lipinski definition) is 2. The number of nitrogens with one attached hydrogen (secondary N) is 1. The van der Waals surface area contributed by atoms with Crippen LogP contribution in [0, 0.1) is 0 Å². The smallest absolute Gasteiger partial charge is 0.356 e. The highest BCUT2D eigenvalue weighted by molar-refractivity contribution is 6.06. The van der Waals surface area contributed by atoms with Gasteiger partial charge in [-0.1, -0.05) is 12.1 Å². The highest BCUT2D eigenvalue weighted by Crippen LogP contribution is 2.35. The summed E-state index contributed by atoms with van der Waals surface area (Å²) in [5, 5.41) is 2.71. The van der Waals surface area contributed by atoms with Crippen molar-refractivity contribution in [1.82, 2.24) is 5.32 Å². The van der Waals surface area contributed by atoms with Crippen molar-refractivity contribution >= 4 is 17.5 Å². The normalized spacial score (nSPS) is 13.8. The van der Waals surface area contributed by atoms with Gasteiger partial charge in [-0.25, -0.2) is 0 Å². The number of fused-ring (bicyclic) bond motifs is 1. The summed E-state index contributed by atoms with van der Waals surface area (Å²) in [6.45, 7) is 2.45. The summed E-state index contributed by atoms with van der Waals surface area (Å²) in [4.78, 5) is 25.4. The molecular formula is C21H21F3N2O2. The lowest BCUT2D eigenvalue weighted by Crippen LogP contribution is -2.35. The van der Waals surface area contributed by atoms with Crippen LogP contribution in [-0.2, 0) is 23.8 Å². The van der Waals surface area contributed by atoms with Gasteiger partial charge < -0.3 is 10.2 Å². The third kappa shape index (κ3) is 4.52. The molecule has 2 amide bonds. The molecule has 0 radical (unpaired) electrons. The lowest BCUT2D eigenvalue weighted by atomic mass is 9.98. The number of amides is 2. The molecule has 0 aliphatic carbocycles. The Hall–Kier alpha value is -2.83. The van der Waals surface area contributed by atoms with Gasteiger partial charge in [-0.15, -0.1) is 0 Å². The summed E-state index contributed by atoms with van der Waals surface area (Å²) >= 11 is 0. The van der Waals surface area contributed by atoms with Crippen LogP contribution in [0.15, 0.2) is 42.5 Å². The Morgan fingerprint density at radius 3 is 2.46 bits per heavy atom. The molecule has 0 atom stereocenters. The van der Waals surface area contributed by atoms with Gasteiger partial charge in [-0.05, 0) is 60.7 Å². The number of hydrogen-bond donors (Lipinski definition) is 1. The Labute approximate surface area is 161 Å². The van der Waals surface area contributed by atoms with Gasteiger partial charge in [-0.3, -0.25) is 9.59 Å². The fourth-order valence-corrected chi connectivity index (χ4v) is 3.34. The van der Waals surface area contributed by atoms with Crippen molar-refractivity contribution in [2.75, 3.05) is 18.0 Å². The maximum Gasteiger partial charge on any atom is 0.416 e. The summed E-state index contributed by atoms with van der Waals surface area (Å²) in [5.41, 5.74) is 1.86. The summed E-state index contributed by atoms with van der Waals surface area (Å²) < 4.78 is 38.8. The first kappa shape index (κ1) is 19.9. The van der Waals surface area contributed by atoms with Crippen molar-refractivity contribution in [3.05, 3.63) is 64.7 Å². The zero-order valence-corrected chi connectivity index (χ0v) is 15.5. The average Bonchev–Trinajstić information content (AvgIpc) is 2.66. The molecule has 7 heteroatoms. The molecule has 0 saturated heterocycles. The number of alkyl halides is 3. The Morgan fingerprint density at radius 1 is 1.11 bits per heavy atom. The number of rotatable bonds is 4. The van der Waals surface area contributed by atoms with Gasteiger partial charge >= 0.3 is 6.18 Å². The van der Waals surface area contributed by atoms with Gasteiger partial charge in [0, 0.05) is 31.3 Å². The first-order valence-electron chi connectivity index (χ1n) is 9.11. The number of benzene rings is 2. The molecule has 28 heavy (non-hydrogen) atoms. The predicted molar refractivity (Wildman–Crippen MR) is 100 cm³/mol. The van der Waals surface area contributed by atoms with Crippen molar-refractivity contribution in [2.24, 2.45) is 0 Å². The Balaban J connectivity index is 1.76. The van der Waals surface area contributed by atoms with Gasteiger partial charge in [0.25, 0.3) is 5.91 Å². The van der Waals surface area contributed by atoms with E-state index < -0.39 is 11.7 Å². The van der Waals surface area contributed by atoms with E-state index in [9.17, 15) is 22.8 Å². The van der Waals surface area contributed by atoms with E-state index in [1.807, 2.05) is 12.1 Å². The van der Waals surface area contributed by atoms with Crippen LogP contribution in [0.4, 0.5) is 18.9 Å². The molecule has 1 heterocycles. The van der Waals surface area contributed by atoms with Crippen LogP contribution >= 0.6 is 0 Å². The highest BCUT2D eigenvalue weighted by atomic mass is 19.4. The molecule has 0 aromatic heterocycles. The van der Waals surface area contributed by atoms with E-state index in [0.29, 0.717) is 49.2 Å². The molecule has 1 N–H and O–H groups in total. The lowest BCUT2D eigenvalue weighted by Gasteiger charge is -2.30. The minimum Gasteiger partial charge on any atom is -0.356 e. The predicted octanol–water partition coefficient (Wildman–Crippen LogP) is 3.98. The van der Waals surface area contributed by atoms with E-state index in [4.69, 9.17) is 0 Å². The van der Waals surface area contributed by atoms with Crippen LogP contribution < -0.4 is 10.2 Å². The SMILES string of the molecule is CC(=O)NCCc1ccc(C(=O)N2CCCc3cc(C(F)(F)F)ccc32)cc1.